The van der Waals surface area contributed by atoms with Crippen molar-refractivity contribution in [2.75, 3.05) is 0 Å². The maximum atomic E-state index is 3.64. The highest BCUT2D eigenvalue weighted by Gasteiger charge is 2.00. The molecule has 0 bridgehead atoms. The summed E-state index contributed by atoms with van der Waals surface area (Å²) in [6, 6.07) is 6.42. The van der Waals surface area contributed by atoms with Crippen molar-refractivity contribution >= 4 is 22.6 Å². The van der Waals surface area contributed by atoms with Crippen LogP contribution in [0.15, 0.2) is 24.8 Å². The molecule has 1 radical (unpaired) electrons. The van der Waals surface area contributed by atoms with Gasteiger partial charge in [0.05, 0.1) is 0 Å². The number of rotatable bonds is 2. The molecule has 0 saturated carbocycles. The Morgan fingerprint density at radius 2 is 2.00 bits per heavy atom. The van der Waals surface area contributed by atoms with E-state index in [-0.39, 0.29) is 0 Å². The van der Waals surface area contributed by atoms with Gasteiger partial charge in [0.1, 0.15) is 0 Å². The minimum absolute atomic E-state index is 0.576. The Bertz CT molecular complexity index is 287. The minimum atomic E-state index is 0.576. The molecule has 12 heavy (non-hydrogen) atoms. The SMILES string of the molecule is C=[C]c1cc(I)cc(C(C)C)c1. The fourth-order valence-corrected chi connectivity index (χ4v) is 1.74. The summed E-state index contributed by atoms with van der Waals surface area (Å²) in [5.41, 5.74) is 2.44. The summed E-state index contributed by atoms with van der Waals surface area (Å²) in [6.45, 7) is 8.03. The molecule has 0 N–H and O–H groups in total. The van der Waals surface area contributed by atoms with Crippen LogP contribution in [0.3, 0.4) is 0 Å². The van der Waals surface area contributed by atoms with E-state index < -0.39 is 0 Å². The number of hydrogen-bond acceptors (Lipinski definition) is 0. The van der Waals surface area contributed by atoms with Crippen molar-refractivity contribution in [2.45, 2.75) is 19.8 Å². The molecular weight excluding hydrogens is 259 g/mol. The highest BCUT2D eigenvalue weighted by atomic mass is 127. The van der Waals surface area contributed by atoms with Crippen LogP contribution in [-0.4, -0.2) is 0 Å². The zero-order chi connectivity index (χ0) is 9.14. The molecule has 0 heterocycles. The van der Waals surface area contributed by atoms with Crippen LogP contribution in [-0.2, 0) is 0 Å². The lowest BCUT2D eigenvalue weighted by Gasteiger charge is -2.06. The highest BCUT2D eigenvalue weighted by Crippen LogP contribution is 2.19. The Hall–Kier alpha value is -0.310. The van der Waals surface area contributed by atoms with Crippen LogP contribution in [0.4, 0.5) is 0 Å². The quantitative estimate of drug-likeness (QED) is 0.718. The summed E-state index contributed by atoms with van der Waals surface area (Å²) in [7, 11) is 0. The fraction of sp³-hybridized carbons (Fsp3) is 0.273. The molecule has 0 atom stereocenters. The average molecular weight is 271 g/mol. The maximum Gasteiger partial charge on any atom is 0.0139 e. The van der Waals surface area contributed by atoms with Crippen LogP contribution in [0.5, 0.6) is 0 Å². The van der Waals surface area contributed by atoms with Gasteiger partial charge >= 0.3 is 0 Å². The first-order chi connectivity index (χ1) is 5.63. The molecule has 0 aliphatic rings. The van der Waals surface area contributed by atoms with Crippen LogP contribution in [0.2, 0.25) is 0 Å². The van der Waals surface area contributed by atoms with Gasteiger partial charge in [-0.2, -0.15) is 0 Å². The largest absolute Gasteiger partial charge is 0.0906 e. The standard InChI is InChI=1S/C11H12I/c1-4-9-5-10(8(2)3)7-11(12)6-9/h5-8H,1H2,2-3H3. The molecular formula is C11H12I. The third-order valence-electron chi connectivity index (χ3n) is 1.79. The van der Waals surface area contributed by atoms with Gasteiger partial charge in [0, 0.05) is 3.57 Å². The fourth-order valence-electron chi connectivity index (χ4n) is 1.05. The van der Waals surface area contributed by atoms with Crippen LogP contribution in [0, 0.1) is 9.65 Å². The zero-order valence-corrected chi connectivity index (χ0v) is 9.55. The van der Waals surface area contributed by atoms with Gasteiger partial charge in [-0.05, 0) is 57.8 Å². The van der Waals surface area contributed by atoms with E-state index >= 15 is 0 Å². The van der Waals surface area contributed by atoms with E-state index in [4.69, 9.17) is 0 Å². The third-order valence-corrected chi connectivity index (χ3v) is 2.41. The Morgan fingerprint density at radius 3 is 2.50 bits per heavy atom. The first-order valence-corrected chi connectivity index (χ1v) is 5.05. The molecule has 0 aliphatic heterocycles. The summed E-state index contributed by atoms with van der Waals surface area (Å²) in [5.74, 6) is 0.576. The molecule has 0 amide bonds. The summed E-state index contributed by atoms with van der Waals surface area (Å²) >= 11 is 2.32. The maximum absolute atomic E-state index is 3.64. The molecule has 1 rings (SSSR count). The molecule has 0 spiro atoms. The number of hydrogen-bond donors (Lipinski definition) is 0. The molecule has 1 aromatic rings. The van der Waals surface area contributed by atoms with Crippen LogP contribution >= 0.6 is 22.6 Å². The average Bonchev–Trinajstić information content (AvgIpc) is 2.03. The van der Waals surface area contributed by atoms with Gasteiger partial charge in [-0.15, -0.1) is 0 Å². The molecule has 0 aromatic heterocycles. The van der Waals surface area contributed by atoms with Gasteiger partial charge in [-0.3, -0.25) is 0 Å². The minimum Gasteiger partial charge on any atom is -0.0906 e. The van der Waals surface area contributed by atoms with E-state index in [1.807, 2.05) is 0 Å². The lowest BCUT2D eigenvalue weighted by molar-refractivity contribution is 0.864. The van der Waals surface area contributed by atoms with E-state index in [1.165, 1.54) is 9.13 Å². The molecule has 63 valence electrons. The Labute approximate surface area is 87.8 Å². The summed E-state index contributed by atoms with van der Waals surface area (Å²) in [4.78, 5) is 0. The topological polar surface area (TPSA) is 0 Å². The van der Waals surface area contributed by atoms with Crippen molar-refractivity contribution in [2.24, 2.45) is 0 Å². The van der Waals surface area contributed by atoms with Crippen LogP contribution in [0.25, 0.3) is 0 Å². The van der Waals surface area contributed by atoms with Gasteiger partial charge in [-0.1, -0.05) is 26.5 Å². The van der Waals surface area contributed by atoms with Gasteiger partial charge in [0.2, 0.25) is 0 Å². The Kier molecular flexibility index (Phi) is 3.32. The molecule has 1 aromatic carbocycles. The Balaban J connectivity index is 3.14. The normalized spacial score (nSPS) is 10.3. The third kappa shape index (κ3) is 2.34. The second-order valence-electron chi connectivity index (χ2n) is 3.10. The van der Waals surface area contributed by atoms with Gasteiger partial charge in [-0.25, -0.2) is 0 Å². The lowest BCUT2D eigenvalue weighted by atomic mass is 10.0. The molecule has 0 nitrogen and oxygen atoms in total. The Morgan fingerprint density at radius 1 is 1.33 bits per heavy atom. The molecule has 1 heteroatoms. The highest BCUT2D eigenvalue weighted by molar-refractivity contribution is 14.1. The van der Waals surface area contributed by atoms with E-state index in [0.29, 0.717) is 5.92 Å². The second kappa shape index (κ2) is 4.08. The van der Waals surface area contributed by atoms with Crippen molar-refractivity contribution < 1.29 is 0 Å². The van der Waals surface area contributed by atoms with Crippen LogP contribution in [0.1, 0.15) is 30.9 Å². The van der Waals surface area contributed by atoms with Crippen molar-refractivity contribution in [1.82, 2.24) is 0 Å². The molecule has 0 fully saturated rings. The van der Waals surface area contributed by atoms with Gasteiger partial charge < -0.3 is 0 Å². The number of benzene rings is 1. The summed E-state index contributed by atoms with van der Waals surface area (Å²) < 4.78 is 1.25. The van der Waals surface area contributed by atoms with E-state index in [9.17, 15) is 0 Å². The molecule has 0 aliphatic carbocycles. The number of halogens is 1. The van der Waals surface area contributed by atoms with Crippen molar-refractivity contribution in [1.29, 1.82) is 0 Å². The lowest BCUT2D eigenvalue weighted by Crippen LogP contribution is -1.89. The zero-order valence-electron chi connectivity index (χ0n) is 7.39. The first-order valence-electron chi connectivity index (χ1n) is 3.97. The first kappa shape index (κ1) is 9.78. The van der Waals surface area contributed by atoms with Gasteiger partial charge in [0.15, 0.2) is 0 Å². The van der Waals surface area contributed by atoms with Crippen molar-refractivity contribution in [3.63, 3.8) is 0 Å². The summed E-state index contributed by atoms with van der Waals surface area (Å²) in [5, 5.41) is 0. The van der Waals surface area contributed by atoms with Crippen LogP contribution < -0.4 is 0 Å². The van der Waals surface area contributed by atoms with Crippen molar-refractivity contribution in [3.05, 3.63) is 45.6 Å². The summed E-state index contributed by atoms with van der Waals surface area (Å²) in [6.07, 6.45) is 2.91. The van der Waals surface area contributed by atoms with Gasteiger partial charge in [0.25, 0.3) is 0 Å². The predicted octanol–water partition coefficient (Wildman–Crippen LogP) is 3.75. The monoisotopic (exact) mass is 271 g/mol. The second-order valence-corrected chi connectivity index (χ2v) is 4.35. The van der Waals surface area contributed by atoms with Crippen molar-refractivity contribution in [3.8, 4) is 0 Å². The van der Waals surface area contributed by atoms with E-state index in [2.05, 4.69) is 67.3 Å². The molecule has 0 saturated heterocycles. The van der Waals surface area contributed by atoms with E-state index in [0.717, 1.165) is 5.56 Å². The van der Waals surface area contributed by atoms with E-state index in [1.54, 1.807) is 0 Å². The predicted molar refractivity (Wildman–Crippen MR) is 61.2 cm³/mol. The smallest absolute Gasteiger partial charge is 0.0139 e. The molecule has 0 unspecified atom stereocenters.